The predicted molar refractivity (Wildman–Crippen MR) is 80.6 cm³/mol. The van der Waals surface area contributed by atoms with E-state index in [2.05, 4.69) is 5.32 Å². The van der Waals surface area contributed by atoms with E-state index in [4.69, 9.17) is 11.6 Å². The summed E-state index contributed by atoms with van der Waals surface area (Å²) < 4.78 is 38.4. The Morgan fingerprint density at radius 1 is 1.09 bits per heavy atom. The van der Waals surface area contributed by atoms with E-state index in [1.807, 2.05) is 0 Å². The van der Waals surface area contributed by atoms with Crippen molar-refractivity contribution in [2.45, 2.75) is 6.18 Å². The van der Waals surface area contributed by atoms with Crippen molar-refractivity contribution < 1.29 is 18.0 Å². The van der Waals surface area contributed by atoms with Crippen LogP contribution in [0.25, 0.3) is 6.08 Å². The van der Waals surface area contributed by atoms with Crippen molar-refractivity contribution in [3.63, 3.8) is 0 Å². The molecule has 0 fully saturated rings. The average Bonchev–Trinajstić information content (AvgIpc) is 2.45. The molecule has 6 heteroatoms. The Morgan fingerprint density at radius 2 is 1.82 bits per heavy atom. The first-order valence-electron chi connectivity index (χ1n) is 6.27. The Bertz CT molecular complexity index is 711. The topological polar surface area (TPSA) is 29.1 Å². The fourth-order valence-electron chi connectivity index (χ4n) is 1.80. The molecule has 0 aliphatic heterocycles. The van der Waals surface area contributed by atoms with Gasteiger partial charge in [0, 0.05) is 11.1 Å². The van der Waals surface area contributed by atoms with Crippen LogP contribution in [0.5, 0.6) is 0 Å². The lowest BCUT2D eigenvalue weighted by atomic mass is 10.1. The highest BCUT2D eigenvalue weighted by molar-refractivity contribution is 6.30. The van der Waals surface area contributed by atoms with Crippen LogP contribution in [0.15, 0.2) is 54.6 Å². The number of nitrogens with one attached hydrogen (secondary N) is 1. The van der Waals surface area contributed by atoms with E-state index in [1.54, 1.807) is 24.3 Å². The number of rotatable bonds is 3. The summed E-state index contributed by atoms with van der Waals surface area (Å²) >= 11 is 5.80. The molecule has 1 N–H and O–H groups in total. The summed E-state index contributed by atoms with van der Waals surface area (Å²) in [6.07, 6.45) is -1.91. The summed E-state index contributed by atoms with van der Waals surface area (Å²) in [7, 11) is 0. The van der Waals surface area contributed by atoms with Gasteiger partial charge < -0.3 is 5.32 Å². The van der Waals surface area contributed by atoms with Crippen molar-refractivity contribution in [2.75, 3.05) is 5.32 Å². The largest absolute Gasteiger partial charge is 0.418 e. The van der Waals surface area contributed by atoms with Gasteiger partial charge in [0.1, 0.15) is 0 Å². The zero-order valence-electron chi connectivity index (χ0n) is 11.2. The number of amides is 1. The van der Waals surface area contributed by atoms with Gasteiger partial charge >= 0.3 is 6.18 Å². The molecule has 114 valence electrons. The lowest BCUT2D eigenvalue weighted by Crippen LogP contribution is -2.14. The van der Waals surface area contributed by atoms with Crippen LogP contribution in [-0.2, 0) is 11.0 Å². The van der Waals surface area contributed by atoms with Crippen LogP contribution in [0.2, 0.25) is 5.02 Å². The second-order valence-corrected chi connectivity index (χ2v) is 4.86. The number of carbonyl (C=O) groups excluding carboxylic acids is 1. The minimum absolute atomic E-state index is 0.282. The summed E-state index contributed by atoms with van der Waals surface area (Å²) in [5, 5.41) is 2.73. The van der Waals surface area contributed by atoms with Crippen molar-refractivity contribution in [2.24, 2.45) is 0 Å². The van der Waals surface area contributed by atoms with Gasteiger partial charge in [-0.15, -0.1) is 0 Å². The normalized spacial score (nSPS) is 11.6. The molecule has 0 unspecified atom stereocenters. The van der Waals surface area contributed by atoms with Crippen LogP contribution in [0.1, 0.15) is 11.1 Å². The average molecular weight is 326 g/mol. The molecule has 2 aromatic carbocycles. The van der Waals surface area contributed by atoms with Crippen LogP contribution < -0.4 is 5.32 Å². The number of hydrogen-bond acceptors (Lipinski definition) is 1. The Labute approximate surface area is 130 Å². The molecule has 2 aromatic rings. The quantitative estimate of drug-likeness (QED) is 0.790. The van der Waals surface area contributed by atoms with Crippen molar-refractivity contribution in [1.29, 1.82) is 0 Å². The zero-order valence-corrected chi connectivity index (χ0v) is 11.9. The number of alkyl halides is 3. The van der Waals surface area contributed by atoms with Gasteiger partial charge in [0.2, 0.25) is 5.91 Å². The number of halogens is 4. The molecular weight excluding hydrogens is 315 g/mol. The van der Waals surface area contributed by atoms with Crippen LogP contribution in [0, 0.1) is 0 Å². The molecule has 0 saturated carbocycles. The number of anilines is 1. The molecule has 0 heterocycles. The van der Waals surface area contributed by atoms with Gasteiger partial charge in [-0.2, -0.15) is 13.2 Å². The Kier molecular flexibility index (Phi) is 4.88. The molecule has 0 spiro atoms. The highest BCUT2D eigenvalue weighted by atomic mass is 35.5. The van der Waals surface area contributed by atoms with Gasteiger partial charge in [0.25, 0.3) is 0 Å². The molecule has 0 aliphatic rings. The van der Waals surface area contributed by atoms with Gasteiger partial charge in [-0.3, -0.25) is 4.79 Å². The molecule has 0 saturated heterocycles. The van der Waals surface area contributed by atoms with E-state index in [0.29, 0.717) is 10.6 Å². The van der Waals surface area contributed by atoms with Gasteiger partial charge in [0.15, 0.2) is 0 Å². The smallest absolute Gasteiger partial charge is 0.322 e. The SMILES string of the molecule is O=C(C=Cc1cccc(Cl)c1)Nc1ccccc1C(F)(F)F. The standard InChI is InChI=1S/C16H11ClF3NO/c17-12-5-3-4-11(10-12)8-9-15(22)21-14-7-2-1-6-13(14)16(18,19)20/h1-10H,(H,21,22). The van der Waals surface area contributed by atoms with Crippen molar-refractivity contribution >= 4 is 29.3 Å². The van der Waals surface area contributed by atoms with Gasteiger partial charge in [-0.25, -0.2) is 0 Å². The predicted octanol–water partition coefficient (Wildman–Crippen LogP) is 5.01. The maximum Gasteiger partial charge on any atom is 0.418 e. The number of carbonyl (C=O) groups is 1. The second kappa shape index (κ2) is 6.66. The monoisotopic (exact) mass is 325 g/mol. The van der Waals surface area contributed by atoms with Crippen molar-refractivity contribution in [3.8, 4) is 0 Å². The first-order valence-corrected chi connectivity index (χ1v) is 6.65. The summed E-state index contributed by atoms with van der Waals surface area (Å²) in [5.41, 5.74) is -0.498. The van der Waals surface area contributed by atoms with E-state index >= 15 is 0 Å². The number of benzene rings is 2. The van der Waals surface area contributed by atoms with Crippen molar-refractivity contribution in [1.82, 2.24) is 0 Å². The molecule has 1 amide bonds. The zero-order chi connectivity index (χ0) is 16.2. The van der Waals surface area contributed by atoms with E-state index in [-0.39, 0.29) is 5.69 Å². The molecule has 2 nitrogen and oxygen atoms in total. The number of para-hydroxylation sites is 1. The maximum absolute atomic E-state index is 12.8. The maximum atomic E-state index is 12.8. The van der Waals surface area contributed by atoms with Gasteiger partial charge in [0.05, 0.1) is 11.3 Å². The van der Waals surface area contributed by atoms with E-state index in [0.717, 1.165) is 12.1 Å². The molecule has 2 rings (SSSR count). The van der Waals surface area contributed by atoms with E-state index in [9.17, 15) is 18.0 Å². The molecule has 22 heavy (non-hydrogen) atoms. The van der Waals surface area contributed by atoms with E-state index in [1.165, 1.54) is 24.3 Å². The highest BCUT2D eigenvalue weighted by Crippen LogP contribution is 2.34. The summed E-state index contributed by atoms with van der Waals surface area (Å²) in [5.74, 6) is -0.656. The molecule has 0 aliphatic carbocycles. The minimum Gasteiger partial charge on any atom is -0.322 e. The summed E-state index contributed by atoms with van der Waals surface area (Å²) in [6.45, 7) is 0. The Morgan fingerprint density at radius 3 is 2.50 bits per heavy atom. The molecular formula is C16H11ClF3NO. The molecule has 0 atom stereocenters. The van der Waals surface area contributed by atoms with Crippen molar-refractivity contribution in [3.05, 3.63) is 70.8 Å². The van der Waals surface area contributed by atoms with Gasteiger partial charge in [-0.1, -0.05) is 35.9 Å². The third kappa shape index (κ3) is 4.36. The summed E-state index contributed by atoms with van der Waals surface area (Å²) in [6, 6.07) is 11.5. The molecule has 0 aromatic heterocycles. The third-order valence-electron chi connectivity index (χ3n) is 2.77. The lowest BCUT2D eigenvalue weighted by Gasteiger charge is -2.12. The number of hydrogen-bond donors (Lipinski definition) is 1. The fourth-order valence-corrected chi connectivity index (χ4v) is 1.99. The minimum atomic E-state index is -4.53. The highest BCUT2D eigenvalue weighted by Gasteiger charge is 2.33. The first kappa shape index (κ1) is 16.1. The Hall–Kier alpha value is -2.27. The summed E-state index contributed by atoms with van der Waals surface area (Å²) in [4.78, 5) is 11.8. The van der Waals surface area contributed by atoms with Crippen LogP contribution in [-0.4, -0.2) is 5.91 Å². The van der Waals surface area contributed by atoms with Crippen LogP contribution in [0.3, 0.4) is 0 Å². The van der Waals surface area contributed by atoms with Crippen LogP contribution in [0.4, 0.5) is 18.9 Å². The van der Waals surface area contributed by atoms with E-state index < -0.39 is 17.6 Å². The Balaban J connectivity index is 2.13. The third-order valence-corrected chi connectivity index (χ3v) is 3.00. The molecule has 0 radical (unpaired) electrons. The first-order chi connectivity index (χ1) is 10.4. The van der Waals surface area contributed by atoms with Crippen LogP contribution >= 0.6 is 11.6 Å². The second-order valence-electron chi connectivity index (χ2n) is 4.42. The van der Waals surface area contributed by atoms with Gasteiger partial charge in [-0.05, 0) is 35.9 Å². The molecule has 0 bridgehead atoms. The lowest BCUT2D eigenvalue weighted by molar-refractivity contribution is -0.136. The fraction of sp³-hybridized carbons (Fsp3) is 0.0625.